The van der Waals surface area contributed by atoms with Gasteiger partial charge < -0.3 is 9.80 Å². The zero-order chi connectivity index (χ0) is 29.7. The first-order valence-corrected chi connectivity index (χ1v) is 18.0. The van der Waals surface area contributed by atoms with E-state index < -0.39 is 0 Å². The van der Waals surface area contributed by atoms with Gasteiger partial charge in [0.1, 0.15) is 0 Å². The fraction of sp³-hybridized carbons (Fsp3) is 1.00. The largest absolute Gasteiger partial charge is 0.301 e. The Labute approximate surface area is 256 Å². The van der Waals surface area contributed by atoms with E-state index in [2.05, 4.69) is 91.7 Å². The van der Waals surface area contributed by atoms with Gasteiger partial charge in [-0.2, -0.15) is 0 Å². The van der Waals surface area contributed by atoms with Gasteiger partial charge in [0.15, 0.2) is 0 Å². The fourth-order valence-electron chi connectivity index (χ4n) is 8.67. The summed E-state index contributed by atoms with van der Waals surface area (Å²) in [7, 11) is 0. The molecule has 6 nitrogen and oxygen atoms in total. The summed E-state index contributed by atoms with van der Waals surface area (Å²) in [6.07, 6.45) is 8.23. The highest BCUT2D eigenvalue weighted by Gasteiger charge is 2.36. The van der Waals surface area contributed by atoms with Crippen molar-refractivity contribution < 1.29 is 0 Å². The molecule has 0 bridgehead atoms. The van der Waals surface area contributed by atoms with Crippen molar-refractivity contribution >= 4 is 0 Å². The highest BCUT2D eigenvalue weighted by molar-refractivity contribution is 4.92. The Balaban J connectivity index is 1.22. The normalized spacial score (nSPS) is 30.1. The van der Waals surface area contributed by atoms with Crippen molar-refractivity contribution in [1.82, 2.24) is 29.4 Å². The molecule has 0 saturated carbocycles. The van der Waals surface area contributed by atoms with Crippen molar-refractivity contribution in [3.8, 4) is 0 Å². The van der Waals surface area contributed by atoms with Crippen LogP contribution in [0.1, 0.15) is 101 Å². The first-order valence-electron chi connectivity index (χ1n) is 18.0. The SMILES string of the molecule is CC(C)N1CCC(CN2C[C@@H](CCC(C)N3CCN(C(C)C4CCN(C(C)C)CC4)CC3)N(C(C)C)C[C@@H]2C)CC1. The molecule has 240 valence electrons. The van der Waals surface area contributed by atoms with Crippen molar-refractivity contribution in [2.24, 2.45) is 11.8 Å². The van der Waals surface area contributed by atoms with Crippen LogP contribution in [0.15, 0.2) is 0 Å². The molecule has 0 spiro atoms. The maximum Gasteiger partial charge on any atom is 0.0227 e. The van der Waals surface area contributed by atoms with Crippen LogP contribution in [0.5, 0.6) is 0 Å². The van der Waals surface area contributed by atoms with Crippen LogP contribution in [0, 0.1) is 11.8 Å². The lowest BCUT2D eigenvalue weighted by atomic mass is 9.88. The zero-order valence-corrected chi connectivity index (χ0v) is 28.9. The molecule has 4 fully saturated rings. The third kappa shape index (κ3) is 9.14. The summed E-state index contributed by atoms with van der Waals surface area (Å²) < 4.78 is 0. The molecule has 4 saturated heterocycles. The highest BCUT2D eigenvalue weighted by Crippen LogP contribution is 2.28. The predicted molar refractivity (Wildman–Crippen MR) is 177 cm³/mol. The van der Waals surface area contributed by atoms with Crippen molar-refractivity contribution in [2.75, 3.05) is 72.0 Å². The third-order valence-electron chi connectivity index (χ3n) is 12.0. The second-order valence-electron chi connectivity index (χ2n) is 15.5. The predicted octanol–water partition coefficient (Wildman–Crippen LogP) is 5.19. The van der Waals surface area contributed by atoms with Gasteiger partial charge in [-0.1, -0.05) is 0 Å². The first kappa shape index (κ1) is 33.6. The molecule has 0 radical (unpaired) electrons. The number of piperazine rings is 2. The van der Waals surface area contributed by atoms with Gasteiger partial charge in [-0.05, 0) is 139 Å². The quantitative estimate of drug-likeness (QED) is 0.336. The molecule has 4 atom stereocenters. The summed E-state index contributed by atoms with van der Waals surface area (Å²) in [6.45, 7) is 35.9. The zero-order valence-electron chi connectivity index (χ0n) is 28.9. The Morgan fingerprint density at radius 3 is 1.66 bits per heavy atom. The minimum atomic E-state index is 0.645. The van der Waals surface area contributed by atoms with E-state index in [9.17, 15) is 0 Å². The van der Waals surface area contributed by atoms with Crippen LogP contribution < -0.4 is 0 Å². The average Bonchev–Trinajstić information content (AvgIpc) is 2.97. The molecule has 4 rings (SSSR count). The molecule has 0 aromatic heterocycles. The van der Waals surface area contributed by atoms with Gasteiger partial charge in [0.2, 0.25) is 0 Å². The Morgan fingerprint density at radius 1 is 0.585 bits per heavy atom. The van der Waals surface area contributed by atoms with Crippen LogP contribution in [0.3, 0.4) is 0 Å². The molecular weight excluding hydrogens is 504 g/mol. The lowest BCUT2D eigenvalue weighted by molar-refractivity contribution is -0.00628. The van der Waals surface area contributed by atoms with Crippen LogP contribution in [0.2, 0.25) is 0 Å². The van der Waals surface area contributed by atoms with Gasteiger partial charge in [0, 0.05) is 88.1 Å². The van der Waals surface area contributed by atoms with E-state index in [4.69, 9.17) is 0 Å². The maximum absolute atomic E-state index is 2.88. The van der Waals surface area contributed by atoms with Gasteiger partial charge in [-0.3, -0.25) is 19.6 Å². The molecule has 6 heteroatoms. The average molecular weight is 575 g/mol. The summed E-state index contributed by atoms with van der Waals surface area (Å²) in [4.78, 5) is 16.7. The number of hydrogen-bond donors (Lipinski definition) is 0. The van der Waals surface area contributed by atoms with E-state index in [0.29, 0.717) is 36.3 Å². The van der Waals surface area contributed by atoms with Crippen molar-refractivity contribution in [1.29, 1.82) is 0 Å². The molecule has 4 aliphatic rings. The second-order valence-corrected chi connectivity index (χ2v) is 15.5. The topological polar surface area (TPSA) is 19.4 Å². The van der Waals surface area contributed by atoms with Crippen LogP contribution in [0.25, 0.3) is 0 Å². The summed E-state index contributed by atoms with van der Waals surface area (Å²) in [6, 6.07) is 4.89. The van der Waals surface area contributed by atoms with E-state index in [1.807, 2.05) is 0 Å². The molecule has 0 aromatic carbocycles. The summed E-state index contributed by atoms with van der Waals surface area (Å²) >= 11 is 0. The van der Waals surface area contributed by atoms with Crippen molar-refractivity contribution in [3.05, 3.63) is 0 Å². The maximum atomic E-state index is 2.88. The van der Waals surface area contributed by atoms with E-state index in [0.717, 1.165) is 17.9 Å². The lowest BCUT2D eigenvalue weighted by Gasteiger charge is -2.49. The Morgan fingerprint density at radius 2 is 1.12 bits per heavy atom. The van der Waals surface area contributed by atoms with E-state index in [-0.39, 0.29) is 0 Å². The number of rotatable bonds is 11. The Kier molecular flexibility index (Phi) is 12.9. The molecule has 4 aliphatic heterocycles. The summed E-state index contributed by atoms with van der Waals surface area (Å²) in [5.74, 6) is 1.77. The summed E-state index contributed by atoms with van der Waals surface area (Å²) in [5, 5.41) is 0. The third-order valence-corrected chi connectivity index (χ3v) is 12.0. The molecule has 4 heterocycles. The molecule has 41 heavy (non-hydrogen) atoms. The van der Waals surface area contributed by atoms with Gasteiger partial charge in [0.25, 0.3) is 0 Å². The van der Waals surface area contributed by atoms with Crippen molar-refractivity contribution in [2.45, 2.75) is 143 Å². The second kappa shape index (κ2) is 15.7. The molecule has 0 aromatic rings. The standard InChI is InChI=1S/C35H70N6/c1-27(2)36-16-12-33(13-17-36)25-40-26-35(41(29(5)6)24-31(40)8)11-10-30(7)38-20-22-39(23-21-38)32(9)34-14-18-37(19-15-34)28(3)4/h27-35H,10-26H2,1-9H3/t30?,31-,32?,35+/m0/s1. The molecule has 0 N–H and O–H groups in total. The van der Waals surface area contributed by atoms with Gasteiger partial charge in [-0.15, -0.1) is 0 Å². The van der Waals surface area contributed by atoms with Gasteiger partial charge >= 0.3 is 0 Å². The monoisotopic (exact) mass is 575 g/mol. The molecular formula is C35H70N6. The minimum absolute atomic E-state index is 0.645. The van der Waals surface area contributed by atoms with E-state index in [1.165, 1.54) is 111 Å². The number of hydrogen-bond acceptors (Lipinski definition) is 6. The smallest absolute Gasteiger partial charge is 0.0227 e. The van der Waals surface area contributed by atoms with Crippen molar-refractivity contribution in [3.63, 3.8) is 0 Å². The Bertz CT molecular complexity index is 733. The molecule has 2 unspecified atom stereocenters. The van der Waals surface area contributed by atoms with Crippen LogP contribution in [0.4, 0.5) is 0 Å². The van der Waals surface area contributed by atoms with Crippen LogP contribution >= 0.6 is 0 Å². The summed E-state index contributed by atoms with van der Waals surface area (Å²) in [5.41, 5.74) is 0. The molecule has 0 amide bonds. The minimum Gasteiger partial charge on any atom is -0.301 e. The number of piperidine rings is 2. The van der Waals surface area contributed by atoms with E-state index in [1.54, 1.807) is 0 Å². The van der Waals surface area contributed by atoms with Crippen LogP contribution in [-0.4, -0.2) is 144 Å². The van der Waals surface area contributed by atoms with Crippen LogP contribution in [-0.2, 0) is 0 Å². The lowest BCUT2D eigenvalue weighted by Crippen LogP contribution is -2.60. The van der Waals surface area contributed by atoms with Gasteiger partial charge in [-0.25, -0.2) is 0 Å². The van der Waals surface area contributed by atoms with Gasteiger partial charge in [0.05, 0.1) is 0 Å². The first-order chi connectivity index (χ1) is 19.5. The highest BCUT2D eigenvalue weighted by atomic mass is 15.3. The number of likely N-dealkylation sites (tertiary alicyclic amines) is 2. The number of nitrogens with zero attached hydrogens (tertiary/aromatic N) is 6. The molecule has 0 aliphatic carbocycles. The Hall–Kier alpha value is -0.240. The fourth-order valence-corrected chi connectivity index (χ4v) is 8.67. The van der Waals surface area contributed by atoms with E-state index >= 15 is 0 Å².